The Kier molecular flexibility index (Phi) is 40.7. The largest absolute Gasteiger partial charge is 0.472 e. The Morgan fingerprint density at radius 2 is 0.734 bits per heavy atom. The van der Waals surface area contributed by atoms with Gasteiger partial charge in [-0.2, -0.15) is 0 Å². The van der Waals surface area contributed by atoms with Gasteiger partial charge in [0.25, 0.3) is 0 Å². The van der Waals surface area contributed by atoms with Crippen LogP contribution in [0.3, 0.4) is 0 Å². The van der Waals surface area contributed by atoms with Crippen molar-refractivity contribution in [1.82, 2.24) is 0 Å². The van der Waals surface area contributed by atoms with Gasteiger partial charge in [0.15, 0.2) is 0 Å². The van der Waals surface area contributed by atoms with Crippen LogP contribution in [-0.4, -0.2) is 98.9 Å². The molecule has 6 N–H and O–H groups in total. The predicted octanol–water partition coefficient (Wildman–Crippen LogP) is 12.1. The van der Waals surface area contributed by atoms with E-state index in [0.29, 0.717) is 13.0 Å². The molecule has 0 amide bonds. The molecule has 0 spiro atoms. The van der Waals surface area contributed by atoms with Crippen molar-refractivity contribution in [1.29, 1.82) is 0 Å². The standard InChI is InChI=1S/C51H101O12P/c1-3-5-7-9-11-13-15-17-18-19-20-21-22-23-24-25-26-27-28-29-30-32-34-36-38-40-45(52)62-44(42-60-41-39-37-35-33-31-16-14-12-10-8-6-4-2)43-61-64(58,59)63-51-49(56)47(54)46(53)48(55)50(51)57/h44,46-51,53-57H,3-43H2,1-2H3,(H,58,59)/t44-,46?,47-,48?,49?,50?,51?/m1/s1. The van der Waals surface area contributed by atoms with Gasteiger partial charge in [0, 0.05) is 13.0 Å². The monoisotopic (exact) mass is 937 g/mol. The molecular weight excluding hydrogens is 836 g/mol. The minimum Gasteiger partial charge on any atom is -0.457 e. The van der Waals surface area contributed by atoms with Crippen LogP contribution in [0.5, 0.6) is 0 Å². The number of hydrogen-bond donors (Lipinski definition) is 6. The van der Waals surface area contributed by atoms with Crippen LogP contribution in [0.2, 0.25) is 0 Å². The molecule has 1 fully saturated rings. The average molecular weight is 937 g/mol. The third kappa shape index (κ3) is 33.8. The molecule has 382 valence electrons. The highest BCUT2D eigenvalue weighted by atomic mass is 31.2. The van der Waals surface area contributed by atoms with Crippen LogP contribution in [0.15, 0.2) is 0 Å². The van der Waals surface area contributed by atoms with Crippen molar-refractivity contribution in [3.8, 4) is 0 Å². The first-order chi connectivity index (χ1) is 31.0. The van der Waals surface area contributed by atoms with Gasteiger partial charge < -0.3 is 39.9 Å². The number of unbranched alkanes of at least 4 members (excludes halogenated alkanes) is 35. The second-order valence-electron chi connectivity index (χ2n) is 19.1. The van der Waals surface area contributed by atoms with Crippen molar-refractivity contribution in [2.24, 2.45) is 0 Å². The molecule has 0 aliphatic heterocycles. The van der Waals surface area contributed by atoms with Crippen LogP contribution in [0.1, 0.15) is 258 Å². The minimum atomic E-state index is -5.01. The first kappa shape index (κ1) is 61.4. The molecule has 1 aliphatic rings. The van der Waals surface area contributed by atoms with E-state index in [4.69, 9.17) is 18.5 Å². The molecule has 6 unspecified atom stereocenters. The second kappa shape index (κ2) is 42.4. The number of carbonyl (C=O) groups is 1. The topological polar surface area (TPSA) is 192 Å². The lowest BCUT2D eigenvalue weighted by Gasteiger charge is -2.41. The zero-order chi connectivity index (χ0) is 46.9. The van der Waals surface area contributed by atoms with Crippen LogP contribution >= 0.6 is 7.82 Å². The van der Waals surface area contributed by atoms with Crippen LogP contribution < -0.4 is 0 Å². The molecule has 0 aromatic carbocycles. The van der Waals surface area contributed by atoms with E-state index in [-0.39, 0.29) is 13.0 Å². The molecular formula is C51H101O12P. The fourth-order valence-corrected chi connectivity index (χ4v) is 9.68. The lowest BCUT2D eigenvalue weighted by molar-refractivity contribution is -0.220. The summed E-state index contributed by atoms with van der Waals surface area (Å²) in [6.45, 7) is 4.31. The second-order valence-corrected chi connectivity index (χ2v) is 20.5. The molecule has 0 saturated heterocycles. The number of esters is 1. The van der Waals surface area contributed by atoms with Crippen LogP contribution in [0.25, 0.3) is 0 Å². The van der Waals surface area contributed by atoms with Gasteiger partial charge in [-0.25, -0.2) is 4.57 Å². The molecule has 1 rings (SSSR count). The minimum absolute atomic E-state index is 0.0679. The fraction of sp³-hybridized carbons (Fsp3) is 0.980. The van der Waals surface area contributed by atoms with E-state index < -0.39 is 63.1 Å². The highest BCUT2D eigenvalue weighted by Gasteiger charge is 2.51. The maximum Gasteiger partial charge on any atom is 0.472 e. The average Bonchev–Trinajstić information content (AvgIpc) is 3.28. The molecule has 0 bridgehead atoms. The Morgan fingerprint density at radius 1 is 0.438 bits per heavy atom. The lowest BCUT2D eigenvalue weighted by Crippen LogP contribution is -2.64. The SMILES string of the molecule is CCCCCCCCCCCCCCCCCCCCCCCCCCCC(=O)O[C@H](COCCCCCCCCCCCCCC)COP(=O)(O)OC1C(O)C(O)C(O)[C@@H](O)C1O. The molecule has 0 aromatic heterocycles. The number of aliphatic hydroxyl groups is 5. The molecule has 0 heterocycles. The van der Waals surface area contributed by atoms with Gasteiger partial charge in [-0.3, -0.25) is 13.8 Å². The van der Waals surface area contributed by atoms with E-state index in [0.717, 1.165) is 38.5 Å². The molecule has 1 aliphatic carbocycles. The molecule has 0 radical (unpaired) electrons. The summed E-state index contributed by atoms with van der Waals surface area (Å²) in [5, 5.41) is 50.3. The van der Waals surface area contributed by atoms with Gasteiger partial charge in [-0.15, -0.1) is 0 Å². The maximum absolute atomic E-state index is 12.8. The quantitative estimate of drug-likeness (QED) is 0.0192. The van der Waals surface area contributed by atoms with Crippen molar-refractivity contribution in [2.45, 2.75) is 301 Å². The molecule has 13 heteroatoms. The van der Waals surface area contributed by atoms with Crippen molar-refractivity contribution in [2.75, 3.05) is 19.8 Å². The number of hydrogen-bond acceptors (Lipinski definition) is 11. The summed E-state index contributed by atoms with van der Waals surface area (Å²) in [6, 6.07) is 0. The third-order valence-corrected chi connectivity index (χ3v) is 14.0. The maximum atomic E-state index is 12.8. The highest BCUT2D eigenvalue weighted by Crippen LogP contribution is 2.47. The lowest BCUT2D eigenvalue weighted by atomic mass is 9.85. The van der Waals surface area contributed by atoms with Gasteiger partial charge >= 0.3 is 13.8 Å². The summed E-state index contributed by atoms with van der Waals surface area (Å²) in [5.74, 6) is -0.469. The van der Waals surface area contributed by atoms with E-state index in [1.165, 1.54) is 193 Å². The number of carbonyl (C=O) groups excluding carboxylic acids is 1. The Balaban J connectivity index is 2.23. The van der Waals surface area contributed by atoms with E-state index >= 15 is 0 Å². The predicted molar refractivity (Wildman–Crippen MR) is 258 cm³/mol. The number of rotatable bonds is 47. The van der Waals surface area contributed by atoms with E-state index in [2.05, 4.69) is 13.8 Å². The van der Waals surface area contributed by atoms with Crippen LogP contribution in [0.4, 0.5) is 0 Å². The Morgan fingerprint density at radius 3 is 1.08 bits per heavy atom. The summed E-state index contributed by atoms with van der Waals surface area (Å²) in [5.41, 5.74) is 0. The summed E-state index contributed by atoms with van der Waals surface area (Å²) < 4.78 is 34.3. The Labute approximate surface area is 391 Å². The normalized spacial score (nSPS) is 21.6. The Hall–Kier alpha value is -0.660. The molecule has 8 atom stereocenters. The smallest absolute Gasteiger partial charge is 0.457 e. The van der Waals surface area contributed by atoms with Gasteiger partial charge in [0.05, 0.1) is 13.2 Å². The van der Waals surface area contributed by atoms with E-state index in [1.54, 1.807) is 0 Å². The first-order valence-corrected chi connectivity index (χ1v) is 28.4. The number of ether oxygens (including phenoxy) is 2. The summed E-state index contributed by atoms with van der Waals surface area (Å²) in [7, 11) is -5.01. The van der Waals surface area contributed by atoms with E-state index in [1.807, 2.05) is 0 Å². The van der Waals surface area contributed by atoms with Crippen molar-refractivity contribution < 1.29 is 58.3 Å². The number of aliphatic hydroxyl groups excluding tert-OH is 5. The fourth-order valence-electron chi connectivity index (χ4n) is 8.71. The first-order valence-electron chi connectivity index (χ1n) is 26.9. The van der Waals surface area contributed by atoms with Crippen molar-refractivity contribution in [3.05, 3.63) is 0 Å². The number of phosphoric acid groups is 1. The van der Waals surface area contributed by atoms with Gasteiger partial charge in [0.1, 0.15) is 42.7 Å². The van der Waals surface area contributed by atoms with Crippen LogP contribution in [0, 0.1) is 0 Å². The molecule has 0 aromatic rings. The summed E-state index contributed by atoms with van der Waals surface area (Å²) in [6.07, 6.45) is 34.7. The van der Waals surface area contributed by atoms with Crippen molar-refractivity contribution >= 4 is 13.8 Å². The van der Waals surface area contributed by atoms with E-state index in [9.17, 15) is 39.8 Å². The third-order valence-electron chi connectivity index (χ3n) is 13.0. The van der Waals surface area contributed by atoms with Gasteiger partial charge in [-0.05, 0) is 12.8 Å². The zero-order valence-electron chi connectivity index (χ0n) is 41.1. The van der Waals surface area contributed by atoms with Gasteiger partial charge in [0.2, 0.25) is 0 Å². The van der Waals surface area contributed by atoms with Gasteiger partial charge in [-0.1, -0.05) is 239 Å². The number of phosphoric ester groups is 1. The summed E-state index contributed by atoms with van der Waals surface area (Å²) in [4.78, 5) is 23.2. The zero-order valence-corrected chi connectivity index (χ0v) is 42.0. The van der Waals surface area contributed by atoms with Crippen molar-refractivity contribution in [3.63, 3.8) is 0 Å². The van der Waals surface area contributed by atoms with Crippen LogP contribution in [-0.2, 0) is 27.9 Å². The summed E-state index contributed by atoms with van der Waals surface area (Å²) >= 11 is 0. The molecule has 64 heavy (non-hydrogen) atoms. The highest BCUT2D eigenvalue weighted by molar-refractivity contribution is 7.47. The molecule has 1 saturated carbocycles. The Bertz CT molecular complexity index is 1070. The molecule has 12 nitrogen and oxygen atoms in total.